The lowest BCUT2D eigenvalue weighted by atomic mass is 10.2. The molecule has 2 amide bonds. The molecular weight excluding hydrogens is 349 g/mol. The summed E-state index contributed by atoms with van der Waals surface area (Å²) < 4.78 is 35.9. The van der Waals surface area contributed by atoms with E-state index < -0.39 is 29.7 Å². The van der Waals surface area contributed by atoms with E-state index in [1.165, 1.54) is 24.3 Å². The zero-order valence-corrected chi connectivity index (χ0v) is 13.2. The number of carbonyl (C=O) groups is 3. The largest absolute Gasteiger partial charge is 0.481 e. The molecule has 24 heavy (non-hydrogen) atoms. The molecule has 0 heterocycles. The molecule has 0 spiro atoms. The van der Waals surface area contributed by atoms with Crippen molar-refractivity contribution in [1.29, 1.82) is 0 Å². The lowest BCUT2D eigenvalue weighted by Crippen LogP contribution is -2.26. The molecule has 0 aromatic heterocycles. The van der Waals surface area contributed by atoms with E-state index in [1.807, 2.05) is 0 Å². The quantitative estimate of drug-likeness (QED) is 0.657. The Bertz CT molecular complexity index is 591. The van der Waals surface area contributed by atoms with E-state index in [4.69, 9.17) is 5.11 Å². The number of carboxylic acids is 1. The Hall–Kier alpha value is -2.23. The van der Waals surface area contributed by atoms with E-state index in [0.717, 1.165) is 0 Å². The van der Waals surface area contributed by atoms with Gasteiger partial charge in [-0.1, -0.05) is 0 Å². The number of alkyl halides is 3. The van der Waals surface area contributed by atoms with Gasteiger partial charge in [0.15, 0.2) is 0 Å². The molecule has 0 aliphatic heterocycles. The third-order valence-corrected chi connectivity index (χ3v) is 3.55. The second kappa shape index (κ2) is 9.16. The molecule has 0 unspecified atom stereocenters. The maximum absolute atomic E-state index is 12.0. The summed E-state index contributed by atoms with van der Waals surface area (Å²) in [6.45, 7) is -0.0108. The van der Waals surface area contributed by atoms with Gasteiger partial charge in [0.2, 0.25) is 5.91 Å². The van der Waals surface area contributed by atoms with Gasteiger partial charge in [0, 0.05) is 17.8 Å². The van der Waals surface area contributed by atoms with E-state index in [1.54, 1.807) is 0 Å². The number of amides is 2. The standard InChI is InChI=1S/C14H15F3N2O4S/c15-14(16,17)8-24-7-11(20)19-10-3-1-9(2-4-10)13(23)18-6-5-12(21)22/h1-4H,5-8H2,(H,18,23)(H,19,20)(H,21,22). The molecule has 0 saturated carbocycles. The van der Waals surface area contributed by atoms with Crippen molar-refractivity contribution in [2.45, 2.75) is 12.6 Å². The predicted molar refractivity (Wildman–Crippen MR) is 83.0 cm³/mol. The highest BCUT2D eigenvalue weighted by Crippen LogP contribution is 2.21. The number of nitrogens with one attached hydrogen (secondary N) is 2. The Morgan fingerprint density at radius 1 is 1.12 bits per heavy atom. The van der Waals surface area contributed by atoms with Crippen molar-refractivity contribution in [3.05, 3.63) is 29.8 Å². The van der Waals surface area contributed by atoms with Gasteiger partial charge in [0.1, 0.15) is 0 Å². The van der Waals surface area contributed by atoms with Crippen LogP contribution in [0.15, 0.2) is 24.3 Å². The SMILES string of the molecule is O=C(O)CCNC(=O)c1ccc(NC(=O)CSCC(F)(F)F)cc1. The Kier molecular flexibility index (Phi) is 7.56. The normalized spacial score (nSPS) is 11.0. The lowest BCUT2D eigenvalue weighted by molar-refractivity contribution is -0.136. The Balaban J connectivity index is 2.42. The summed E-state index contributed by atoms with van der Waals surface area (Å²) in [5, 5.41) is 13.3. The number of hydrogen-bond donors (Lipinski definition) is 3. The van der Waals surface area contributed by atoms with E-state index in [-0.39, 0.29) is 24.3 Å². The molecule has 0 fully saturated rings. The second-order valence-corrected chi connectivity index (χ2v) is 5.62. The summed E-state index contributed by atoms with van der Waals surface area (Å²) in [6, 6.07) is 5.68. The first-order valence-corrected chi connectivity index (χ1v) is 7.87. The van der Waals surface area contributed by atoms with Crippen LogP contribution in [0.4, 0.5) is 18.9 Å². The van der Waals surface area contributed by atoms with Crippen molar-refractivity contribution in [2.24, 2.45) is 0 Å². The number of carbonyl (C=O) groups excluding carboxylic acids is 2. The molecule has 1 rings (SSSR count). The smallest absolute Gasteiger partial charge is 0.397 e. The van der Waals surface area contributed by atoms with Crippen LogP contribution in [0.5, 0.6) is 0 Å². The van der Waals surface area contributed by atoms with Crippen LogP contribution in [0.1, 0.15) is 16.8 Å². The minimum absolute atomic E-state index is 0.0108. The highest BCUT2D eigenvalue weighted by atomic mass is 32.2. The average molecular weight is 364 g/mol. The fourth-order valence-electron chi connectivity index (χ4n) is 1.55. The number of carboxylic acid groups (broad SMARTS) is 1. The highest BCUT2D eigenvalue weighted by molar-refractivity contribution is 8.00. The van der Waals surface area contributed by atoms with Crippen LogP contribution in [0.3, 0.4) is 0 Å². The molecule has 1 aromatic carbocycles. The number of halogens is 3. The van der Waals surface area contributed by atoms with E-state index in [2.05, 4.69) is 10.6 Å². The number of benzene rings is 1. The maximum atomic E-state index is 12.0. The Morgan fingerprint density at radius 3 is 2.29 bits per heavy atom. The summed E-state index contributed by atoms with van der Waals surface area (Å²) >= 11 is 0.458. The van der Waals surface area contributed by atoms with Gasteiger partial charge in [0.05, 0.1) is 17.9 Å². The molecule has 0 aliphatic carbocycles. The second-order valence-electron chi connectivity index (χ2n) is 4.63. The zero-order chi connectivity index (χ0) is 18.2. The van der Waals surface area contributed by atoms with Crippen LogP contribution >= 0.6 is 11.8 Å². The number of rotatable bonds is 8. The maximum Gasteiger partial charge on any atom is 0.397 e. The first-order valence-electron chi connectivity index (χ1n) is 6.72. The first kappa shape index (κ1) is 19.8. The molecule has 132 valence electrons. The van der Waals surface area contributed by atoms with E-state index in [9.17, 15) is 27.6 Å². The summed E-state index contributed by atoms with van der Waals surface area (Å²) in [6.07, 6.45) is -4.52. The fraction of sp³-hybridized carbons (Fsp3) is 0.357. The first-order chi connectivity index (χ1) is 11.2. The van der Waals surface area contributed by atoms with Gasteiger partial charge in [-0.05, 0) is 24.3 Å². The average Bonchev–Trinajstić information content (AvgIpc) is 2.46. The molecule has 1 aromatic rings. The third kappa shape index (κ3) is 8.42. The van der Waals surface area contributed by atoms with Gasteiger partial charge in [0.25, 0.3) is 5.91 Å². The summed E-state index contributed by atoms with van der Waals surface area (Å²) in [4.78, 5) is 33.5. The molecule has 0 bridgehead atoms. The van der Waals surface area contributed by atoms with Crippen molar-refractivity contribution < 1.29 is 32.7 Å². The Labute approximate surface area is 139 Å². The molecule has 6 nitrogen and oxygen atoms in total. The van der Waals surface area contributed by atoms with Gasteiger partial charge in [-0.15, -0.1) is 11.8 Å². The zero-order valence-electron chi connectivity index (χ0n) is 12.4. The Morgan fingerprint density at radius 2 is 1.75 bits per heavy atom. The van der Waals surface area contributed by atoms with Crippen LogP contribution < -0.4 is 10.6 Å². The molecule has 3 N–H and O–H groups in total. The highest BCUT2D eigenvalue weighted by Gasteiger charge is 2.27. The number of hydrogen-bond acceptors (Lipinski definition) is 4. The van der Waals surface area contributed by atoms with E-state index in [0.29, 0.717) is 17.4 Å². The molecule has 0 radical (unpaired) electrons. The summed E-state index contributed by atoms with van der Waals surface area (Å²) in [5.74, 6) is -3.51. The van der Waals surface area contributed by atoms with Gasteiger partial charge >= 0.3 is 12.1 Å². The van der Waals surface area contributed by atoms with Crippen LogP contribution in [0.2, 0.25) is 0 Å². The molecule has 10 heteroatoms. The lowest BCUT2D eigenvalue weighted by Gasteiger charge is -2.08. The molecule has 0 saturated heterocycles. The number of anilines is 1. The summed E-state index contributed by atoms with van der Waals surface area (Å²) in [7, 11) is 0. The van der Waals surface area contributed by atoms with Gasteiger partial charge in [-0.3, -0.25) is 14.4 Å². The van der Waals surface area contributed by atoms with E-state index >= 15 is 0 Å². The van der Waals surface area contributed by atoms with Crippen molar-refractivity contribution in [2.75, 3.05) is 23.4 Å². The van der Waals surface area contributed by atoms with Gasteiger partial charge < -0.3 is 15.7 Å². The summed E-state index contributed by atoms with van der Waals surface area (Å²) in [5.41, 5.74) is 0.611. The van der Waals surface area contributed by atoms with Crippen LogP contribution in [0, 0.1) is 0 Å². The third-order valence-electron chi connectivity index (χ3n) is 2.55. The number of aliphatic carboxylic acids is 1. The van der Waals surface area contributed by atoms with Crippen molar-refractivity contribution in [1.82, 2.24) is 5.32 Å². The van der Waals surface area contributed by atoms with Crippen molar-refractivity contribution in [3.8, 4) is 0 Å². The van der Waals surface area contributed by atoms with Crippen LogP contribution in [0.25, 0.3) is 0 Å². The molecule has 0 atom stereocenters. The molecular formula is C14H15F3N2O4S. The minimum Gasteiger partial charge on any atom is -0.481 e. The van der Waals surface area contributed by atoms with Crippen LogP contribution in [-0.4, -0.2) is 47.1 Å². The molecule has 0 aliphatic rings. The van der Waals surface area contributed by atoms with Gasteiger partial charge in [-0.2, -0.15) is 13.2 Å². The minimum atomic E-state index is -4.32. The fourth-order valence-corrected chi connectivity index (χ4v) is 2.14. The topological polar surface area (TPSA) is 95.5 Å². The van der Waals surface area contributed by atoms with Crippen molar-refractivity contribution in [3.63, 3.8) is 0 Å². The predicted octanol–water partition coefficient (Wildman–Crippen LogP) is 2.13. The number of thioether (sulfide) groups is 1. The monoisotopic (exact) mass is 364 g/mol. The van der Waals surface area contributed by atoms with Crippen molar-refractivity contribution >= 4 is 35.2 Å². The van der Waals surface area contributed by atoms with Crippen LogP contribution in [-0.2, 0) is 9.59 Å². The van der Waals surface area contributed by atoms with Gasteiger partial charge in [-0.25, -0.2) is 0 Å².